The molecule has 0 saturated carbocycles. The monoisotopic (exact) mass is 490 g/mol. The fourth-order valence-corrected chi connectivity index (χ4v) is 3.33. The molecule has 0 fully saturated rings. The molecule has 1 aromatic heterocycles. The lowest BCUT2D eigenvalue weighted by Crippen LogP contribution is -2.58. The van der Waals surface area contributed by atoms with E-state index in [1.54, 1.807) is 6.20 Å². The van der Waals surface area contributed by atoms with E-state index >= 15 is 0 Å². The Kier molecular flexibility index (Phi) is 9.73. The van der Waals surface area contributed by atoms with Gasteiger partial charge in [0.2, 0.25) is 23.6 Å². The number of aliphatic carboxylic acids is 1. The first-order chi connectivity index (χ1) is 16.5. The number of benzene rings is 1. The largest absolute Gasteiger partial charge is 0.480 e. The zero-order chi connectivity index (χ0) is 26.1. The molecule has 0 bridgehead atoms. The molecule has 4 atom stereocenters. The van der Waals surface area contributed by atoms with Crippen molar-refractivity contribution in [2.45, 2.75) is 50.4 Å². The van der Waals surface area contributed by atoms with Gasteiger partial charge in [0.05, 0.1) is 6.10 Å². The molecule has 35 heavy (non-hydrogen) atoms. The second-order valence-electron chi connectivity index (χ2n) is 8.07. The number of H-pyrrole nitrogens is 1. The molecule has 10 N–H and O–H groups in total. The normalized spacial score (nSPS) is 14.4. The molecular formula is C22H30N6O7. The first-order valence-electron chi connectivity index (χ1n) is 10.9. The third kappa shape index (κ3) is 8.08. The number of para-hydroxylation sites is 1. The van der Waals surface area contributed by atoms with E-state index in [1.165, 1.54) is 6.92 Å². The SMILES string of the molecule is CC(O)C(N)C(=O)NC(Cc1c[nH]c2ccccc12)C(=O)NC(CCC(N)=O)C(=O)NCC(=O)O. The zero-order valence-corrected chi connectivity index (χ0v) is 19.1. The molecule has 13 nitrogen and oxygen atoms in total. The highest BCUT2D eigenvalue weighted by molar-refractivity contribution is 5.94. The highest BCUT2D eigenvalue weighted by Crippen LogP contribution is 2.19. The highest BCUT2D eigenvalue weighted by atomic mass is 16.4. The summed E-state index contributed by atoms with van der Waals surface area (Å²) in [5.41, 5.74) is 12.3. The molecule has 0 aliphatic heterocycles. The van der Waals surface area contributed by atoms with Crippen LogP contribution < -0.4 is 27.4 Å². The molecular weight excluding hydrogens is 460 g/mol. The molecule has 1 heterocycles. The van der Waals surface area contributed by atoms with Gasteiger partial charge in [-0.3, -0.25) is 24.0 Å². The predicted octanol–water partition coefficient (Wildman–Crippen LogP) is -2.15. The molecule has 13 heteroatoms. The van der Waals surface area contributed by atoms with E-state index in [1.807, 2.05) is 24.3 Å². The molecule has 4 amide bonds. The van der Waals surface area contributed by atoms with Gasteiger partial charge in [0, 0.05) is 29.9 Å². The summed E-state index contributed by atoms with van der Waals surface area (Å²) in [6.07, 6.45) is 0.0611. The van der Waals surface area contributed by atoms with Gasteiger partial charge in [-0.2, -0.15) is 0 Å². The molecule has 2 aromatic rings. The average molecular weight is 491 g/mol. The Morgan fingerprint density at radius 2 is 1.69 bits per heavy atom. The molecule has 0 spiro atoms. The number of aromatic amines is 1. The summed E-state index contributed by atoms with van der Waals surface area (Å²) >= 11 is 0. The van der Waals surface area contributed by atoms with Gasteiger partial charge >= 0.3 is 5.97 Å². The van der Waals surface area contributed by atoms with E-state index in [0.29, 0.717) is 5.56 Å². The first kappa shape index (κ1) is 27.3. The fraction of sp³-hybridized carbons (Fsp3) is 0.409. The van der Waals surface area contributed by atoms with Crippen LogP contribution >= 0.6 is 0 Å². The van der Waals surface area contributed by atoms with Crippen LogP contribution in [-0.4, -0.2) is 75.6 Å². The summed E-state index contributed by atoms with van der Waals surface area (Å²) in [7, 11) is 0. The van der Waals surface area contributed by atoms with Crippen LogP contribution in [0.2, 0.25) is 0 Å². The second-order valence-corrected chi connectivity index (χ2v) is 8.07. The van der Waals surface area contributed by atoms with Gasteiger partial charge < -0.3 is 42.6 Å². The van der Waals surface area contributed by atoms with Crippen molar-refractivity contribution in [2.75, 3.05) is 6.54 Å². The number of nitrogens with two attached hydrogens (primary N) is 2. The van der Waals surface area contributed by atoms with Crippen LogP contribution in [0.3, 0.4) is 0 Å². The maximum atomic E-state index is 13.2. The molecule has 0 saturated heterocycles. The first-order valence-corrected chi connectivity index (χ1v) is 10.9. The Hall–Kier alpha value is -3.97. The molecule has 190 valence electrons. The molecule has 0 aliphatic rings. The Bertz CT molecular complexity index is 1080. The predicted molar refractivity (Wildman–Crippen MR) is 125 cm³/mol. The smallest absolute Gasteiger partial charge is 0.322 e. The third-order valence-corrected chi connectivity index (χ3v) is 5.28. The number of amides is 4. The Labute approximate surface area is 200 Å². The zero-order valence-electron chi connectivity index (χ0n) is 19.1. The fourth-order valence-electron chi connectivity index (χ4n) is 3.33. The number of hydrogen-bond donors (Lipinski definition) is 8. The number of aromatic nitrogens is 1. The standard InChI is InChI=1S/C22H30N6O7/c1-11(29)19(24)22(35)28-16(8-12-9-25-14-5-3-2-4-13(12)14)21(34)27-15(6-7-17(23)30)20(33)26-10-18(31)32/h2-5,9,11,15-16,19,25,29H,6-8,10,24H2,1H3,(H2,23,30)(H,26,33)(H,27,34)(H,28,35)(H,31,32). The van der Waals surface area contributed by atoms with Gasteiger partial charge in [-0.15, -0.1) is 0 Å². The van der Waals surface area contributed by atoms with Gasteiger partial charge in [0.25, 0.3) is 0 Å². The number of carboxylic acid groups (broad SMARTS) is 1. The number of aliphatic hydroxyl groups is 1. The van der Waals surface area contributed by atoms with Gasteiger partial charge in [-0.25, -0.2) is 0 Å². The lowest BCUT2D eigenvalue weighted by molar-refractivity contribution is -0.138. The number of hydrogen-bond acceptors (Lipinski definition) is 7. The number of nitrogens with one attached hydrogen (secondary N) is 4. The van der Waals surface area contributed by atoms with Crippen LogP contribution in [0, 0.1) is 0 Å². The summed E-state index contributed by atoms with van der Waals surface area (Å²) < 4.78 is 0. The molecule has 2 rings (SSSR count). The van der Waals surface area contributed by atoms with E-state index in [2.05, 4.69) is 20.9 Å². The lowest BCUT2D eigenvalue weighted by atomic mass is 10.0. The number of aliphatic hydroxyl groups excluding tert-OH is 1. The van der Waals surface area contributed by atoms with Gasteiger partial charge in [0.1, 0.15) is 24.7 Å². The van der Waals surface area contributed by atoms with Crippen molar-refractivity contribution in [1.29, 1.82) is 0 Å². The third-order valence-electron chi connectivity index (χ3n) is 5.28. The van der Waals surface area contributed by atoms with Crippen LogP contribution in [0.15, 0.2) is 30.5 Å². The maximum absolute atomic E-state index is 13.2. The summed E-state index contributed by atoms with van der Waals surface area (Å²) in [6.45, 7) is 0.631. The van der Waals surface area contributed by atoms with Crippen LogP contribution in [0.4, 0.5) is 0 Å². The van der Waals surface area contributed by atoms with E-state index < -0.39 is 60.4 Å². The molecule has 1 aromatic carbocycles. The van der Waals surface area contributed by atoms with Crippen LogP contribution in [0.25, 0.3) is 10.9 Å². The van der Waals surface area contributed by atoms with Crippen molar-refractivity contribution in [3.63, 3.8) is 0 Å². The van der Waals surface area contributed by atoms with Crippen molar-refractivity contribution in [2.24, 2.45) is 11.5 Å². The number of carbonyl (C=O) groups excluding carboxylic acids is 4. The maximum Gasteiger partial charge on any atom is 0.322 e. The number of carboxylic acids is 1. The Balaban J connectivity index is 2.27. The van der Waals surface area contributed by atoms with Crippen LogP contribution in [-0.2, 0) is 30.4 Å². The van der Waals surface area contributed by atoms with E-state index in [4.69, 9.17) is 16.6 Å². The minimum atomic E-state index is -1.31. The molecule has 4 unspecified atom stereocenters. The summed E-state index contributed by atoms with van der Waals surface area (Å²) in [5, 5.41) is 26.3. The van der Waals surface area contributed by atoms with E-state index in [-0.39, 0.29) is 19.3 Å². The average Bonchev–Trinajstić information content (AvgIpc) is 3.21. The lowest BCUT2D eigenvalue weighted by Gasteiger charge is -2.24. The van der Waals surface area contributed by atoms with Crippen molar-refractivity contribution in [1.82, 2.24) is 20.9 Å². The van der Waals surface area contributed by atoms with Crippen LogP contribution in [0.1, 0.15) is 25.3 Å². The minimum absolute atomic E-state index is 0.00734. The van der Waals surface area contributed by atoms with Crippen molar-refractivity contribution in [3.05, 3.63) is 36.0 Å². The van der Waals surface area contributed by atoms with Gasteiger partial charge in [0.15, 0.2) is 0 Å². The van der Waals surface area contributed by atoms with Crippen molar-refractivity contribution < 1.29 is 34.2 Å². The highest BCUT2D eigenvalue weighted by Gasteiger charge is 2.30. The minimum Gasteiger partial charge on any atom is -0.480 e. The van der Waals surface area contributed by atoms with Crippen molar-refractivity contribution >= 4 is 40.5 Å². The number of carbonyl (C=O) groups is 5. The quantitative estimate of drug-likeness (QED) is 0.154. The van der Waals surface area contributed by atoms with E-state index in [9.17, 15) is 29.1 Å². The summed E-state index contributed by atoms with van der Waals surface area (Å²) in [5.74, 6) is -4.41. The number of fused-ring (bicyclic) bond motifs is 1. The Morgan fingerprint density at radius 3 is 2.31 bits per heavy atom. The van der Waals surface area contributed by atoms with E-state index in [0.717, 1.165) is 10.9 Å². The van der Waals surface area contributed by atoms with Gasteiger partial charge in [-0.1, -0.05) is 18.2 Å². The summed E-state index contributed by atoms with van der Waals surface area (Å²) in [4.78, 5) is 63.2. The summed E-state index contributed by atoms with van der Waals surface area (Å²) in [6, 6.07) is 3.49. The molecule has 0 radical (unpaired) electrons. The van der Waals surface area contributed by atoms with Crippen molar-refractivity contribution in [3.8, 4) is 0 Å². The van der Waals surface area contributed by atoms with Gasteiger partial charge in [-0.05, 0) is 25.0 Å². The topological polar surface area (TPSA) is 230 Å². The Morgan fingerprint density at radius 1 is 1.03 bits per heavy atom. The molecule has 0 aliphatic carbocycles. The second kappa shape index (κ2) is 12.5. The number of primary amides is 1. The van der Waals surface area contributed by atoms with Crippen LogP contribution in [0.5, 0.6) is 0 Å². The number of rotatable bonds is 13.